The van der Waals surface area contributed by atoms with Gasteiger partial charge in [0.1, 0.15) is 11.8 Å². The molecule has 1 atom stereocenters. The molecule has 2 aromatic rings. The molecule has 0 aromatic heterocycles. The Morgan fingerprint density at radius 3 is 2.56 bits per heavy atom. The molecule has 2 rings (SSSR count). The van der Waals surface area contributed by atoms with Gasteiger partial charge in [0.05, 0.1) is 17.9 Å². The van der Waals surface area contributed by atoms with Crippen LogP contribution in [0.2, 0.25) is 0 Å². The van der Waals surface area contributed by atoms with Crippen LogP contribution in [0.5, 0.6) is 5.75 Å². The molecular weight excluding hydrogens is 410 g/mol. The Kier molecular flexibility index (Phi) is 7.55. The molecule has 1 unspecified atom stereocenters. The maximum Gasteiger partial charge on any atom is 0.262 e. The molecule has 2 amide bonds. The van der Waals surface area contributed by atoms with E-state index >= 15 is 0 Å². The van der Waals surface area contributed by atoms with Crippen LogP contribution < -0.4 is 15.5 Å². The highest BCUT2D eigenvalue weighted by molar-refractivity contribution is 9.10. The van der Waals surface area contributed by atoms with Crippen molar-refractivity contribution in [2.45, 2.75) is 32.9 Å². The van der Waals surface area contributed by atoms with Gasteiger partial charge >= 0.3 is 0 Å². The van der Waals surface area contributed by atoms with Crippen molar-refractivity contribution >= 4 is 34.0 Å². The van der Waals surface area contributed by atoms with Gasteiger partial charge < -0.3 is 10.1 Å². The molecule has 27 heavy (non-hydrogen) atoms. The number of nitrogens with zero attached hydrogens (tertiary/aromatic N) is 1. The number of halogens is 1. The zero-order chi connectivity index (χ0) is 19.8. The fraction of sp³-hybridized carbons (Fsp3) is 0.250. The number of carbonyl (C=O) groups excluding carboxylic acids is 2. The standard InChI is InChI=1S/C20H22BrN3O3/c1-13(2)27-16-8-6-7-15(11-16)12-22-24-19(25)14(3)23-20(26)17-9-4-5-10-18(17)21/h4-14H,1-3H3,(H,23,26)(H,24,25). The Morgan fingerprint density at radius 1 is 1.11 bits per heavy atom. The minimum absolute atomic E-state index is 0.0750. The van der Waals surface area contributed by atoms with Crippen LogP contribution in [0.25, 0.3) is 0 Å². The molecule has 142 valence electrons. The molecule has 2 N–H and O–H groups in total. The number of hydrazone groups is 1. The van der Waals surface area contributed by atoms with Crippen LogP contribution in [-0.4, -0.2) is 30.2 Å². The van der Waals surface area contributed by atoms with E-state index in [-0.39, 0.29) is 12.0 Å². The number of hydrogen-bond acceptors (Lipinski definition) is 4. The van der Waals surface area contributed by atoms with E-state index in [2.05, 4.69) is 31.8 Å². The molecule has 6 nitrogen and oxygen atoms in total. The van der Waals surface area contributed by atoms with Gasteiger partial charge in [0.2, 0.25) is 0 Å². The van der Waals surface area contributed by atoms with Crippen molar-refractivity contribution in [3.05, 3.63) is 64.1 Å². The molecule has 0 bridgehead atoms. The normalized spacial score (nSPS) is 12.0. The summed E-state index contributed by atoms with van der Waals surface area (Å²) in [4.78, 5) is 24.3. The van der Waals surface area contributed by atoms with Gasteiger partial charge in [0.25, 0.3) is 11.8 Å². The topological polar surface area (TPSA) is 79.8 Å². The second kappa shape index (κ2) is 9.87. The second-order valence-electron chi connectivity index (χ2n) is 6.15. The van der Waals surface area contributed by atoms with Gasteiger partial charge in [-0.25, -0.2) is 5.43 Å². The molecule has 7 heteroatoms. The summed E-state index contributed by atoms with van der Waals surface area (Å²) in [6.07, 6.45) is 1.60. The zero-order valence-electron chi connectivity index (χ0n) is 15.4. The molecule has 0 saturated carbocycles. The minimum atomic E-state index is -0.739. The van der Waals surface area contributed by atoms with Gasteiger partial charge in [-0.1, -0.05) is 24.3 Å². The predicted octanol–water partition coefficient (Wildman–Crippen LogP) is 3.50. The quantitative estimate of drug-likeness (QED) is 0.519. The first-order valence-electron chi connectivity index (χ1n) is 8.52. The van der Waals surface area contributed by atoms with E-state index in [9.17, 15) is 9.59 Å². The lowest BCUT2D eigenvalue weighted by Crippen LogP contribution is -2.43. The number of nitrogens with one attached hydrogen (secondary N) is 2. The fourth-order valence-electron chi connectivity index (χ4n) is 2.19. The highest BCUT2D eigenvalue weighted by Gasteiger charge is 2.17. The summed E-state index contributed by atoms with van der Waals surface area (Å²) in [5, 5.41) is 6.58. The predicted molar refractivity (Wildman–Crippen MR) is 109 cm³/mol. The van der Waals surface area contributed by atoms with Crippen molar-refractivity contribution in [3.8, 4) is 5.75 Å². The Bertz CT molecular complexity index is 837. The number of amides is 2. The van der Waals surface area contributed by atoms with Crippen molar-refractivity contribution in [2.75, 3.05) is 0 Å². The first-order chi connectivity index (χ1) is 12.9. The largest absolute Gasteiger partial charge is 0.491 e. The molecule has 0 aliphatic rings. The highest BCUT2D eigenvalue weighted by Crippen LogP contribution is 2.16. The van der Waals surface area contributed by atoms with E-state index in [1.54, 1.807) is 25.1 Å². The van der Waals surface area contributed by atoms with E-state index in [4.69, 9.17) is 4.74 Å². The van der Waals surface area contributed by atoms with Crippen molar-refractivity contribution in [1.82, 2.24) is 10.7 Å². The summed E-state index contributed by atoms with van der Waals surface area (Å²) in [6, 6.07) is 13.7. The van der Waals surface area contributed by atoms with Crippen LogP contribution >= 0.6 is 15.9 Å². The van der Waals surface area contributed by atoms with E-state index in [1.165, 1.54) is 6.21 Å². The van der Waals surface area contributed by atoms with E-state index in [0.29, 0.717) is 10.0 Å². The van der Waals surface area contributed by atoms with Gasteiger partial charge in [0.15, 0.2) is 0 Å². The first kappa shape index (κ1) is 20.6. The van der Waals surface area contributed by atoms with Gasteiger partial charge in [0, 0.05) is 4.47 Å². The highest BCUT2D eigenvalue weighted by atomic mass is 79.9. The molecule has 0 spiro atoms. The Balaban J connectivity index is 1.90. The summed E-state index contributed by atoms with van der Waals surface area (Å²) >= 11 is 3.32. The third-order valence-electron chi connectivity index (χ3n) is 3.48. The Hall–Kier alpha value is -2.67. The molecular formula is C20H22BrN3O3. The third kappa shape index (κ3) is 6.53. The summed E-state index contributed by atoms with van der Waals surface area (Å²) in [7, 11) is 0. The fourth-order valence-corrected chi connectivity index (χ4v) is 2.66. The van der Waals surface area contributed by atoms with Crippen LogP contribution in [0.3, 0.4) is 0 Å². The van der Waals surface area contributed by atoms with Crippen molar-refractivity contribution < 1.29 is 14.3 Å². The average molecular weight is 432 g/mol. The first-order valence-corrected chi connectivity index (χ1v) is 9.31. The molecule has 0 heterocycles. The summed E-state index contributed by atoms with van der Waals surface area (Å²) in [6.45, 7) is 5.49. The molecule has 0 radical (unpaired) electrons. The number of hydrogen-bond donors (Lipinski definition) is 2. The van der Waals surface area contributed by atoms with E-state index < -0.39 is 11.9 Å². The molecule has 0 aliphatic heterocycles. The summed E-state index contributed by atoms with van der Waals surface area (Å²) in [5.41, 5.74) is 3.68. The van der Waals surface area contributed by atoms with Crippen LogP contribution in [-0.2, 0) is 4.79 Å². The van der Waals surface area contributed by atoms with Gasteiger partial charge in [-0.05, 0) is 66.5 Å². The van der Waals surface area contributed by atoms with Crippen LogP contribution in [0.1, 0.15) is 36.7 Å². The number of carbonyl (C=O) groups is 2. The van der Waals surface area contributed by atoms with E-state index in [0.717, 1.165) is 11.3 Å². The maximum absolute atomic E-state index is 12.2. The van der Waals surface area contributed by atoms with Crippen LogP contribution in [0.15, 0.2) is 58.1 Å². The SMILES string of the molecule is CC(C)Oc1cccc(C=NNC(=O)C(C)NC(=O)c2ccccc2Br)c1. The zero-order valence-corrected chi connectivity index (χ0v) is 17.0. The Labute approximate surface area is 167 Å². The molecule has 0 aliphatic carbocycles. The molecule has 0 saturated heterocycles. The molecule has 2 aromatic carbocycles. The summed E-state index contributed by atoms with van der Waals surface area (Å²) < 4.78 is 6.28. The number of rotatable bonds is 7. The lowest BCUT2D eigenvalue weighted by atomic mass is 10.2. The second-order valence-corrected chi connectivity index (χ2v) is 7.00. The average Bonchev–Trinajstić information content (AvgIpc) is 2.61. The van der Waals surface area contributed by atoms with E-state index in [1.807, 2.05) is 44.2 Å². The maximum atomic E-state index is 12.2. The van der Waals surface area contributed by atoms with Crippen molar-refractivity contribution in [3.63, 3.8) is 0 Å². The lowest BCUT2D eigenvalue weighted by molar-refractivity contribution is -0.122. The lowest BCUT2D eigenvalue weighted by Gasteiger charge is -2.13. The van der Waals surface area contributed by atoms with Gasteiger partial charge in [-0.2, -0.15) is 5.10 Å². The van der Waals surface area contributed by atoms with Crippen LogP contribution in [0.4, 0.5) is 0 Å². The molecule has 0 fully saturated rings. The van der Waals surface area contributed by atoms with Crippen molar-refractivity contribution in [1.29, 1.82) is 0 Å². The number of ether oxygens (including phenoxy) is 1. The van der Waals surface area contributed by atoms with Gasteiger partial charge in [-0.3, -0.25) is 9.59 Å². The summed E-state index contributed by atoms with van der Waals surface area (Å²) in [5.74, 6) is -0.0248. The van der Waals surface area contributed by atoms with Crippen LogP contribution in [0, 0.1) is 0 Å². The monoisotopic (exact) mass is 431 g/mol. The third-order valence-corrected chi connectivity index (χ3v) is 4.17. The number of benzene rings is 2. The van der Waals surface area contributed by atoms with Crippen molar-refractivity contribution in [2.24, 2.45) is 5.10 Å². The minimum Gasteiger partial charge on any atom is -0.491 e. The van der Waals surface area contributed by atoms with Gasteiger partial charge in [-0.15, -0.1) is 0 Å². The Morgan fingerprint density at radius 2 is 1.85 bits per heavy atom. The smallest absolute Gasteiger partial charge is 0.262 e.